The molecule has 0 amide bonds. The van der Waals surface area contributed by atoms with Gasteiger partial charge in [-0.25, -0.2) is 0 Å². The fraction of sp³-hybridized carbons (Fsp3) is 0. The number of hydrogen-bond acceptors (Lipinski definition) is 0. The zero-order valence-corrected chi connectivity index (χ0v) is 13.0. The van der Waals surface area contributed by atoms with Gasteiger partial charge in [0.15, 0.2) is 0 Å². The number of halogens is 1. The van der Waals surface area contributed by atoms with E-state index in [1.54, 1.807) is 0 Å². The average molecular weight is 317 g/mol. The van der Waals surface area contributed by atoms with Crippen LogP contribution in [0.25, 0.3) is 38.4 Å². The normalized spacial score (nSPS) is 11.7. The summed E-state index contributed by atoms with van der Waals surface area (Å²) >= 11 is 6.16. The summed E-state index contributed by atoms with van der Waals surface area (Å²) in [5.41, 5.74) is 4.64. The lowest BCUT2D eigenvalue weighted by atomic mass is 10.1. The number of para-hydroxylation sites is 1. The molecule has 0 saturated carbocycles. The van der Waals surface area contributed by atoms with Crippen LogP contribution in [0.3, 0.4) is 0 Å². The van der Waals surface area contributed by atoms with E-state index >= 15 is 0 Å². The Morgan fingerprint density at radius 1 is 0.783 bits per heavy atom. The van der Waals surface area contributed by atoms with Crippen molar-refractivity contribution >= 4 is 44.3 Å². The molecule has 3 aromatic carbocycles. The maximum atomic E-state index is 6.16. The van der Waals surface area contributed by atoms with Gasteiger partial charge < -0.3 is 9.55 Å². The SMILES string of the molecule is Clc1ccc2[nH]c3c(ccc4c3ccn4-c3ccccc3)c2c1. The summed E-state index contributed by atoms with van der Waals surface area (Å²) in [6, 6.07) is 22.9. The molecule has 2 nitrogen and oxygen atoms in total. The van der Waals surface area contributed by atoms with Crippen molar-refractivity contribution in [2.45, 2.75) is 0 Å². The van der Waals surface area contributed by atoms with Crippen LogP contribution in [0.5, 0.6) is 0 Å². The third-order valence-electron chi connectivity index (χ3n) is 4.44. The van der Waals surface area contributed by atoms with Crippen molar-refractivity contribution in [3.63, 3.8) is 0 Å². The van der Waals surface area contributed by atoms with Crippen LogP contribution in [-0.4, -0.2) is 9.55 Å². The first-order chi connectivity index (χ1) is 11.3. The summed E-state index contributed by atoms with van der Waals surface area (Å²) in [6.07, 6.45) is 2.12. The number of aromatic amines is 1. The van der Waals surface area contributed by atoms with E-state index in [1.165, 1.54) is 27.4 Å². The standard InChI is InChI=1S/C20H13ClN2/c21-13-6-8-18-17(12-13)15-7-9-19-16(20(15)22-18)10-11-23(19)14-4-2-1-3-5-14/h1-12,22H. The molecule has 0 unspecified atom stereocenters. The Bertz CT molecular complexity index is 1170. The van der Waals surface area contributed by atoms with Gasteiger partial charge in [-0.2, -0.15) is 0 Å². The van der Waals surface area contributed by atoms with Crippen molar-refractivity contribution in [2.24, 2.45) is 0 Å². The second-order valence-corrected chi connectivity index (χ2v) is 6.19. The van der Waals surface area contributed by atoms with E-state index in [2.05, 4.69) is 58.2 Å². The predicted molar refractivity (Wildman–Crippen MR) is 97.6 cm³/mol. The monoisotopic (exact) mass is 316 g/mol. The van der Waals surface area contributed by atoms with Crippen molar-refractivity contribution in [2.75, 3.05) is 0 Å². The van der Waals surface area contributed by atoms with E-state index in [9.17, 15) is 0 Å². The molecule has 23 heavy (non-hydrogen) atoms. The Kier molecular flexibility index (Phi) is 2.58. The lowest BCUT2D eigenvalue weighted by Crippen LogP contribution is -1.90. The molecule has 1 N–H and O–H groups in total. The molecule has 0 atom stereocenters. The topological polar surface area (TPSA) is 20.7 Å². The molecular weight excluding hydrogens is 304 g/mol. The van der Waals surface area contributed by atoms with Gasteiger partial charge in [0.1, 0.15) is 0 Å². The van der Waals surface area contributed by atoms with E-state index in [0.29, 0.717) is 0 Å². The van der Waals surface area contributed by atoms with Crippen LogP contribution in [0.15, 0.2) is 72.9 Å². The van der Waals surface area contributed by atoms with Crippen LogP contribution in [0.4, 0.5) is 0 Å². The van der Waals surface area contributed by atoms with E-state index < -0.39 is 0 Å². The van der Waals surface area contributed by atoms with Gasteiger partial charge in [0.05, 0.1) is 11.0 Å². The van der Waals surface area contributed by atoms with Crippen molar-refractivity contribution in [3.05, 3.63) is 77.9 Å². The summed E-state index contributed by atoms with van der Waals surface area (Å²) in [4.78, 5) is 3.54. The molecule has 2 heterocycles. The molecular formula is C20H13ClN2. The molecule has 0 aliphatic carbocycles. The molecule has 3 heteroatoms. The molecule has 0 aliphatic heterocycles. The molecule has 5 rings (SSSR count). The maximum absolute atomic E-state index is 6.16. The fourth-order valence-corrected chi connectivity index (χ4v) is 3.54. The van der Waals surface area contributed by atoms with Crippen molar-refractivity contribution < 1.29 is 0 Å². The highest BCUT2D eigenvalue weighted by atomic mass is 35.5. The average Bonchev–Trinajstić information content (AvgIpc) is 3.16. The van der Waals surface area contributed by atoms with Crippen LogP contribution < -0.4 is 0 Å². The number of aromatic nitrogens is 2. The van der Waals surface area contributed by atoms with Gasteiger partial charge in [0.25, 0.3) is 0 Å². The van der Waals surface area contributed by atoms with E-state index in [-0.39, 0.29) is 0 Å². The minimum atomic E-state index is 0.764. The van der Waals surface area contributed by atoms with Gasteiger partial charge in [0, 0.05) is 38.6 Å². The summed E-state index contributed by atoms with van der Waals surface area (Å²) < 4.78 is 2.22. The molecule has 0 fully saturated rings. The van der Waals surface area contributed by atoms with Crippen molar-refractivity contribution in [1.29, 1.82) is 0 Å². The number of nitrogens with one attached hydrogen (secondary N) is 1. The molecule has 110 valence electrons. The van der Waals surface area contributed by atoms with E-state index in [0.717, 1.165) is 16.1 Å². The number of H-pyrrole nitrogens is 1. The number of nitrogens with zero attached hydrogens (tertiary/aromatic N) is 1. The van der Waals surface area contributed by atoms with E-state index in [4.69, 9.17) is 11.6 Å². The minimum Gasteiger partial charge on any atom is -0.354 e. The Morgan fingerprint density at radius 3 is 2.52 bits per heavy atom. The largest absolute Gasteiger partial charge is 0.354 e. The van der Waals surface area contributed by atoms with Gasteiger partial charge in [-0.1, -0.05) is 35.9 Å². The third kappa shape index (κ3) is 1.82. The Morgan fingerprint density at radius 2 is 1.65 bits per heavy atom. The van der Waals surface area contributed by atoms with Crippen LogP contribution in [0, 0.1) is 0 Å². The first-order valence-electron chi connectivity index (χ1n) is 7.58. The van der Waals surface area contributed by atoms with Gasteiger partial charge in [-0.05, 0) is 42.5 Å². The highest BCUT2D eigenvalue weighted by Gasteiger charge is 2.11. The lowest BCUT2D eigenvalue weighted by molar-refractivity contribution is 1.13. The number of benzene rings is 3. The fourth-order valence-electron chi connectivity index (χ4n) is 3.37. The first kappa shape index (κ1) is 12.8. The Labute approximate surface area is 137 Å². The van der Waals surface area contributed by atoms with Crippen LogP contribution in [-0.2, 0) is 0 Å². The Hall–Kier alpha value is -2.71. The second kappa shape index (κ2) is 4.64. The molecule has 0 spiro atoms. The molecule has 0 bridgehead atoms. The van der Waals surface area contributed by atoms with Crippen LogP contribution in [0.1, 0.15) is 0 Å². The van der Waals surface area contributed by atoms with Gasteiger partial charge in [-0.15, -0.1) is 0 Å². The summed E-state index contributed by atoms with van der Waals surface area (Å²) in [6.45, 7) is 0. The Balaban J connectivity index is 1.88. The molecule has 0 aliphatic rings. The first-order valence-corrected chi connectivity index (χ1v) is 7.95. The van der Waals surface area contributed by atoms with Gasteiger partial charge in [-0.3, -0.25) is 0 Å². The summed E-state index contributed by atoms with van der Waals surface area (Å²) in [5.74, 6) is 0. The summed E-state index contributed by atoms with van der Waals surface area (Å²) in [5, 5.41) is 4.36. The number of rotatable bonds is 1. The summed E-state index contributed by atoms with van der Waals surface area (Å²) in [7, 11) is 0. The van der Waals surface area contributed by atoms with Crippen LogP contribution in [0.2, 0.25) is 5.02 Å². The highest BCUT2D eigenvalue weighted by Crippen LogP contribution is 2.33. The van der Waals surface area contributed by atoms with Gasteiger partial charge in [0.2, 0.25) is 0 Å². The van der Waals surface area contributed by atoms with Crippen molar-refractivity contribution in [1.82, 2.24) is 9.55 Å². The quantitative estimate of drug-likeness (QED) is 0.396. The molecule has 5 aromatic rings. The van der Waals surface area contributed by atoms with Crippen molar-refractivity contribution in [3.8, 4) is 5.69 Å². The molecule has 2 aromatic heterocycles. The lowest BCUT2D eigenvalue weighted by Gasteiger charge is -2.05. The number of hydrogen-bond donors (Lipinski definition) is 1. The zero-order chi connectivity index (χ0) is 15.4. The van der Waals surface area contributed by atoms with E-state index in [1.807, 2.05) is 24.3 Å². The number of fused-ring (bicyclic) bond motifs is 5. The van der Waals surface area contributed by atoms with Gasteiger partial charge >= 0.3 is 0 Å². The second-order valence-electron chi connectivity index (χ2n) is 5.76. The predicted octanol–water partition coefficient (Wildman–Crippen LogP) is 5.92. The molecule has 0 radical (unpaired) electrons. The highest BCUT2D eigenvalue weighted by molar-refractivity contribution is 6.32. The third-order valence-corrected chi connectivity index (χ3v) is 4.67. The molecule has 0 saturated heterocycles. The van der Waals surface area contributed by atoms with Crippen LogP contribution >= 0.6 is 11.6 Å². The zero-order valence-electron chi connectivity index (χ0n) is 12.3. The smallest absolute Gasteiger partial charge is 0.0560 e. The minimum absolute atomic E-state index is 0.764. The maximum Gasteiger partial charge on any atom is 0.0560 e.